The molecular weight excluding hydrogens is 333 g/mol. The van der Waals surface area contributed by atoms with Gasteiger partial charge in [-0.1, -0.05) is 30.3 Å². The fourth-order valence-corrected chi connectivity index (χ4v) is 3.44. The molecule has 0 bridgehead atoms. The van der Waals surface area contributed by atoms with Gasteiger partial charge in [-0.05, 0) is 18.9 Å². The highest BCUT2D eigenvalue weighted by Crippen LogP contribution is 2.64. The van der Waals surface area contributed by atoms with Crippen LogP contribution in [0.2, 0.25) is 0 Å². The Kier molecular flexibility index (Phi) is 4.15. The second-order valence-electron chi connectivity index (χ2n) is 6.41. The summed E-state index contributed by atoms with van der Waals surface area (Å²) in [5, 5.41) is 4.36. The molecule has 122 valence electrons. The maximum absolute atomic E-state index is 12.5. The molecule has 0 spiro atoms. The van der Waals surface area contributed by atoms with E-state index in [1.54, 1.807) is 18.1 Å². The van der Waals surface area contributed by atoms with Crippen LogP contribution in [0.25, 0.3) is 0 Å². The summed E-state index contributed by atoms with van der Waals surface area (Å²) >= 11 is 12.2. The van der Waals surface area contributed by atoms with E-state index >= 15 is 0 Å². The molecule has 0 aliphatic heterocycles. The lowest BCUT2D eigenvalue weighted by Gasteiger charge is -2.21. The second kappa shape index (κ2) is 5.84. The standard InChI is InChI=1S/C17H19Cl2N3O/c1-16(12-17(16,18)19)15(23)21(2)9-14-8-20-22(11-14)10-13-6-4-3-5-7-13/h3-8,11H,9-10,12H2,1-2H3/t16-/m1/s1. The van der Waals surface area contributed by atoms with Crippen LogP contribution in [-0.2, 0) is 17.9 Å². The number of carbonyl (C=O) groups is 1. The van der Waals surface area contributed by atoms with Gasteiger partial charge in [0.25, 0.3) is 0 Å². The zero-order valence-electron chi connectivity index (χ0n) is 13.2. The smallest absolute Gasteiger partial charge is 0.231 e. The van der Waals surface area contributed by atoms with Crippen molar-refractivity contribution in [1.29, 1.82) is 0 Å². The van der Waals surface area contributed by atoms with E-state index < -0.39 is 9.75 Å². The Bertz CT molecular complexity index is 714. The summed E-state index contributed by atoms with van der Waals surface area (Å²) in [6, 6.07) is 10.1. The van der Waals surface area contributed by atoms with E-state index in [0.717, 1.165) is 5.56 Å². The molecule has 2 aromatic rings. The minimum absolute atomic E-state index is 0.0293. The third kappa shape index (κ3) is 3.24. The van der Waals surface area contributed by atoms with Gasteiger partial charge in [0.05, 0.1) is 18.2 Å². The number of alkyl halides is 2. The van der Waals surface area contributed by atoms with Gasteiger partial charge in [-0.2, -0.15) is 5.10 Å². The minimum atomic E-state index is -0.935. The molecule has 0 radical (unpaired) electrons. The van der Waals surface area contributed by atoms with Gasteiger partial charge >= 0.3 is 0 Å². The molecule has 3 rings (SSSR count). The van der Waals surface area contributed by atoms with Gasteiger partial charge < -0.3 is 4.90 Å². The number of hydrogen-bond acceptors (Lipinski definition) is 2. The summed E-state index contributed by atoms with van der Waals surface area (Å²) in [6.07, 6.45) is 4.25. The topological polar surface area (TPSA) is 38.1 Å². The highest BCUT2D eigenvalue weighted by molar-refractivity contribution is 6.53. The molecule has 1 aliphatic rings. The van der Waals surface area contributed by atoms with Crippen molar-refractivity contribution in [3.05, 3.63) is 53.9 Å². The lowest BCUT2D eigenvalue weighted by Crippen LogP contribution is -2.34. The largest absolute Gasteiger partial charge is 0.341 e. The van der Waals surface area contributed by atoms with Crippen LogP contribution in [0, 0.1) is 5.41 Å². The molecule has 0 N–H and O–H groups in total. The molecule has 4 nitrogen and oxygen atoms in total. The van der Waals surface area contributed by atoms with Crippen LogP contribution in [0.15, 0.2) is 42.7 Å². The van der Waals surface area contributed by atoms with E-state index in [4.69, 9.17) is 23.2 Å². The van der Waals surface area contributed by atoms with Crippen LogP contribution in [0.3, 0.4) is 0 Å². The summed E-state index contributed by atoms with van der Waals surface area (Å²) < 4.78 is 0.936. The van der Waals surface area contributed by atoms with Crippen LogP contribution in [-0.4, -0.2) is 32.0 Å². The third-order valence-corrected chi connectivity index (χ3v) is 5.47. The Morgan fingerprint density at radius 1 is 1.30 bits per heavy atom. The number of rotatable bonds is 5. The quantitative estimate of drug-likeness (QED) is 0.773. The highest BCUT2D eigenvalue weighted by atomic mass is 35.5. The van der Waals surface area contributed by atoms with Crippen molar-refractivity contribution in [3.63, 3.8) is 0 Å². The maximum atomic E-state index is 12.5. The van der Waals surface area contributed by atoms with Crippen molar-refractivity contribution in [2.75, 3.05) is 7.05 Å². The minimum Gasteiger partial charge on any atom is -0.341 e. The fourth-order valence-electron chi connectivity index (χ4n) is 2.74. The van der Waals surface area contributed by atoms with Gasteiger partial charge in [-0.3, -0.25) is 9.48 Å². The molecule has 1 fully saturated rings. The van der Waals surface area contributed by atoms with Gasteiger partial charge in [0.1, 0.15) is 4.33 Å². The van der Waals surface area contributed by atoms with Crippen molar-refractivity contribution in [3.8, 4) is 0 Å². The van der Waals surface area contributed by atoms with E-state index in [0.29, 0.717) is 19.5 Å². The predicted molar refractivity (Wildman–Crippen MR) is 91.4 cm³/mol. The molecule has 1 amide bonds. The average Bonchev–Trinajstić information content (AvgIpc) is 2.83. The lowest BCUT2D eigenvalue weighted by molar-refractivity contribution is -0.135. The maximum Gasteiger partial charge on any atom is 0.231 e. The number of halogens is 2. The molecule has 1 heterocycles. The van der Waals surface area contributed by atoms with Crippen molar-refractivity contribution < 1.29 is 4.79 Å². The van der Waals surface area contributed by atoms with E-state index in [9.17, 15) is 4.79 Å². The van der Waals surface area contributed by atoms with Gasteiger partial charge in [-0.15, -0.1) is 23.2 Å². The number of aromatic nitrogens is 2. The molecule has 0 saturated heterocycles. The summed E-state index contributed by atoms with van der Waals surface area (Å²) in [5.41, 5.74) is 1.49. The van der Waals surface area contributed by atoms with Crippen molar-refractivity contribution in [2.24, 2.45) is 5.41 Å². The Balaban J connectivity index is 1.62. The molecule has 23 heavy (non-hydrogen) atoms. The molecule has 0 unspecified atom stereocenters. The number of hydrogen-bond donors (Lipinski definition) is 0. The molecule has 6 heteroatoms. The highest BCUT2D eigenvalue weighted by Gasteiger charge is 2.68. The zero-order chi connectivity index (χ0) is 16.7. The van der Waals surface area contributed by atoms with Crippen LogP contribution in [0.1, 0.15) is 24.5 Å². The van der Waals surface area contributed by atoms with Gasteiger partial charge in [-0.25, -0.2) is 0 Å². The number of benzene rings is 1. The van der Waals surface area contributed by atoms with E-state index in [1.807, 2.05) is 36.0 Å². The van der Waals surface area contributed by atoms with Crippen LogP contribution >= 0.6 is 23.2 Å². The second-order valence-corrected chi connectivity index (χ2v) is 7.89. The number of nitrogens with zero attached hydrogens (tertiary/aromatic N) is 3. The number of carbonyl (C=O) groups excluding carboxylic acids is 1. The first-order valence-corrected chi connectivity index (χ1v) is 8.26. The average molecular weight is 352 g/mol. The molecule has 1 aliphatic carbocycles. The van der Waals surface area contributed by atoms with E-state index in [-0.39, 0.29) is 5.91 Å². The Morgan fingerprint density at radius 3 is 2.57 bits per heavy atom. The zero-order valence-corrected chi connectivity index (χ0v) is 14.7. The SMILES string of the molecule is CN(Cc1cnn(Cc2ccccc2)c1)C(=O)[C@@]1(C)CC1(Cl)Cl. The lowest BCUT2D eigenvalue weighted by atomic mass is 10.1. The molecule has 1 atom stereocenters. The molecular formula is C17H19Cl2N3O. The summed E-state index contributed by atoms with van der Waals surface area (Å²) in [5.74, 6) is -0.0293. The first kappa shape index (κ1) is 16.3. The summed E-state index contributed by atoms with van der Waals surface area (Å²) in [4.78, 5) is 14.1. The van der Waals surface area contributed by atoms with Crippen molar-refractivity contribution in [1.82, 2.24) is 14.7 Å². The Morgan fingerprint density at radius 2 is 1.96 bits per heavy atom. The Labute approximate surface area is 146 Å². The first-order valence-electron chi connectivity index (χ1n) is 7.50. The van der Waals surface area contributed by atoms with Crippen molar-refractivity contribution >= 4 is 29.1 Å². The first-order chi connectivity index (χ1) is 10.8. The van der Waals surface area contributed by atoms with Crippen LogP contribution in [0.4, 0.5) is 0 Å². The number of amides is 1. The summed E-state index contributed by atoms with van der Waals surface area (Å²) in [7, 11) is 1.77. The van der Waals surface area contributed by atoms with E-state index in [1.165, 1.54) is 5.56 Å². The van der Waals surface area contributed by atoms with Gasteiger partial charge in [0.2, 0.25) is 5.91 Å². The Hall–Kier alpha value is -1.52. The van der Waals surface area contributed by atoms with Gasteiger partial charge in [0, 0.05) is 25.4 Å². The molecule has 1 saturated carbocycles. The molecule has 1 aromatic carbocycles. The fraction of sp³-hybridized carbons (Fsp3) is 0.412. The van der Waals surface area contributed by atoms with Crippen molar-refractivity contribution in [2.45, 2.75) is 30.8 Å². The van der Waals surface area contributed by atoms with E-state index in [2.05, 4.69) is 17.2 Å². The molecule has 1 aromatic heterocycles. The van der Waals surface area contributed by atoms with Crippen LogP contribution in [0.5, 0.6) is 0 Å². The summed E-state index contributed by atoms with van der Waals surface area (Å²) in [6.45, 7) is 3.01. The predicted octanol–water partition coefficient (Wildman–Crippen LogP) is 3.47. The monoisotopic (exact) mass is 351 g/mol. The van der Waals surface area contributed by atoms with Crippen LogP contribution < -0.4 is 0 Å². The van der Waals surface area contributed by atoms with Gasteiger partial charge in [0.15, 0.2) is 0 Å². The third-order valence-electron chi connectivity index (χ3n) is 4.37. The normalized spacial score (nSPS) is 21.9.